The lowest BCUT2D eigenvalue weighted by molar-refractivity contribution is 0.0951. The zero-order chi connectivity index (χ0) is 17.2. The number of nitrogen functional groups attached to an aromatic ring is 1. The van der Waals surface area contributed by atoms with E-state index in [1.807, 2.05) is 68.4 Å². The van der Waals surface area contributed by atoms with E-state index in [0.29, 0.717) is 17.5 Å². The summed E-state index contributed by atoms with van der Waals surface area (Å²) in [7, 11) is 0. The first kappa shape index (κ1) is 15.9. The SMILES string of the molecule is CC(C)(Cc1ccccc1)OC(=N)c1nc2ccccc2nc1N. The highest BCUT2D eigenvalue weighted by molar-refractivity contribution is 5.96. The van der Waals surface area contributed by atoms with Gasteiger partial charge in [0.05, 0.1) is 11.0 Å². The molecule has 0 aliphatic heterocycles. The van der Waals surface area contributed by atoms with Crippen molar-refractivity contribution in [1.29, 1.82) is 5.41 Å². The molecule has 122 valence electrons. The summed E-state index contributed by atoms with van der Waals surface area (Å²) in [4.78, 5) is 8.73. The largest absolute Gasteiger partial charge is 0.470 e. The summed E-state index contributed by atoms with van der Waals surface area (Å²) in [5.41, 5.74) is 8.22. The molecule has 5 nitrogen and oxygen atoms in total. The van der Waals surface area contributed by atoms with Crippen molar-refractivity contribution in [2.24, 2.45) is 0 Å². The normalized spacial score (nSPS) is 11.4. The van der Waals surface area contributed by atoms with Crippen LogP contribution in [0.15, 0.2) is 54.6 Å². The predicted molar refractivity (Wildman–Crippen MR) is 96.1 cm³/mol. The van der Waals surface area contributed by atoms with Gasteiger partial charge in [0.1, 0.15) is 5.60 Å². The molecule has 0 saturated heterocycles. The maximum absolute atomic E-state index is 8.26. The first-order valence-corrected chi connectivity index (χ1v) is 7.79. The molecule has 0 spiro atoms. The Morgan fingerprint density at radius 1 is 1.00 bits per heavy atom. The standard InChI is InChI=1S/C19H20N4O/c1-19(2,12-13-8-4-3-5-9-13)24-18(21)16-17(20)23-15-11-7-6-10-14(15)22-16/h3-11,21H,12H2,1-2H3,(H2,20,23). The number of fused-ring (bicyclic) bond motifs is 1. The first-order valence-electron chi connectivity index (χ1n) is 7.79. The number of hydrogen-bond acceptors (Lipinski definition) is 5. The van der Waals surface area contributed by atoms with Gasteiger partial charge in [-0.3, -0.25) is 5.41 Å². The quantitative estimate of drug-likeness (QED) is 0.568. The molecule has 0 fully saturated rings. The lowest BCUT2D eigenvalue weighted by Gasteiger charge is -2.26. The van der Waals surface area contributed by atoms with Gasteiger partial charge < -0.3 is 10.5 Å². The Morgan fingerprint density at radius 2 is 1.58 bits per heavy atom. The van der Waals surface area contributed by atoms with E-state index in [1.54, 1.807) is 0 Å². The molecule has 1 heterocycles. The number of nitrogens with zero attached hydrogens (tertiary/aromatic N) is 2. The third-order valence-corrected chi connectivity index (χ3v) is 3.66. The second-order valence-electron chi connectivity index (χ2n) is 6.30. The van der Waals surface area contributed by atoms with Gasteiger partial charge in [-0.1, -0.05) is 42.5 Å². The van der Waals surface area contributed by atoms with Crippen LogP contribution in [0.2, 0.25) is 0 Å². The van der Waals surface area contributed by atoms with Crippen LogP contribution in [0.5, 0.6) is 0 Å². The van der Waals surface area contributed by atoms with Gasteiger partial charge in [-0.05, 0) is 31.5 Å². The van der Waals surface area contributed by atoms with Gasteiger partial charge in [0.15, 0.2) is 11.5 Å². The van der Waals surface area contributed by atoms with Crippen LogP contribution < -0.4 is 5.73 Å². The molecular weight excluding hydrogens is 300 g/mol. The zero-order valence-electron chi connectivity index (χ0n) is 13.8. The van der Waals surface area contributed by atoms with Crippen molar-refractivity contribution in [3.8, 4) is 0 Å². The molecule has 3 aromatic rings. The molecule has 5 heteroatoms. The molecule has 1 aromatic heterocycles. The summed E-state index contributed by atoms with van der Waals surface area (Å²) in [6.07, 6.45) is 0.678. The van der Waals surface area contributed by atoms with Crippen LogP contribution in [-0.4, -0.2) is 21.5 Å². The molecule has 0 bridgehead atoms. The number of aromatic nitrogens is 2. The third kappa shape index (κ3) is 3.51. The van der Waals surface area contributed by atoms with Gasteiger partial charge in [0, 0.05) is 6.42 Å². The fourth-order valence-corrected chi connectivity index (χ4v) is 2.63. The van der Waals surface area contributed by atoms with Crippen molar-refractivity contribution in [2.45, 2.75) is 25.9 Å². The average molecular weight is 320 g/mol. The minimum atomic E-state index is -0.557. The Morgan fingerprint density at radius 3 is 2.25 bits per heavy atom. The average Bonchev–Trinajstić information content (AvgIpc) is 2.54. The summed E-state index contributed by atoms with van der Waals surface area (Å²) in [6.45, 7) is 3.89. The van der Waals surface area contributed by atoms with Gasteiger partial charge >= 0.3 is 0 Å². The van der Waals surface area contributed by atoms with Crippen molar-refractivity contribution in [3.05, 3.63) is 65.9 Å². The summed E-state index contributed by atoms with van der Waals surface area (Å²) in [5, 5.41) is 8.26. The molecular formula is C19H20N4O. The summed E-state index contributed by atoms with van der Waals surface area (Å²) >= 11 is 0. The smallest absolute Gasteiger partial charge is 0.236 e. The summed E-state index contributed by atoms with van der Waals surface area (Å²) < 4.78 is 5.86. The van der Waals surface area contributed by atoms with Gasteiger partial charge in [0.2, 0.25) is 5.90 Å². The fourth-order valence-electron chi connectivity index (χ4n) is 2.63. The first-order chi connectivity index (χ1) is 11.4. The Kier molecular flexibility index (Phi) is 4.16. The number of rotatable bonds is 4. The second kappa shape index (κ2) is 6.28. The number of ether oxygens (including phenoxy) is 1. The van der Waals surface area contributed by atoms with Crippen LogP contribution in [0.1, 0.15) is 25.1 Å². The van der Waals surface area contributed by atoms with Crippen LogP contribution in [0, 0.1) is 5.41 Å². The molecule has 2 aromatic carbocycles. The lowest BCUT2D eigenvalue weighted by Crippen LogP contribution is -2.31. The van der Waals surface area contributed by atoms with Crippen molar-refractivity contribution < 1.29 is 4.74 Å². The highest BCUT2D eigenvalue weighted by Crippen LogP contribution is 2.21. The predicted octanol–water partition coefficient (Wildman–Crippen LogP) is 3.58. The Labute approximate surface area is 141 Å². The van der Waals surface area contributed by atoms with Crippen molar-refractivity contribution in [1.82, 2.24) is 9.97 Å². The number of benzene rings is 2. The van der Waals surface area contributed by atoms with Crippen LogP contribution in [0.25, 0.3) is 11.0 Å². The van der Waals surface area contributed by atoms with Gasteiger partial charge in [-0.25, -0.2) is 9.97 Å². The van der Waals surface area contributed by atoms with Crippen molar-refractivity contribution in [3.63, 3.8) is 0 Å². The number of nitrogens with one attached hydrogen (secondary N) is 1. The minimum absolute atomic E-state index is 0.0633. The second-order valence-corrected chi connectivity index (χ2v) is 6.30. The number of anilines is 1. The molecule has 3 N–H and O–H groups in total. The van der Waals surface area contributed by atoms with E-state index in [4.69, 9.17) is 15.9 Å². The molecule has 0 atom stereocenters. The van der Waals surface area contributed by atoms with E-state index in [0.717, 1.165) is 5.56 Å². The van der Waals surface area contributed by atoms with E-state index >= 15 is 0 Å². The topological polar surface area (TPSA) is 84.9 Å². The van der Waals surface area contributed by atoms with Crippen LogP contribution >= 0.6 is 0 Å². The van der Waals surface area contributed by atoms with Crippen molar-refractivity contribution in [2.75, 3.05) is 5.73 Å². The number of para-hydroxylation sites is 2. The van der Waals surface area contributed by atoms with Crippen LogP contribution in [-0.2, 0) is 11.2 Å². The monoisotopic (exact) mass is 320 g/mol. The van der Waals surface area contributed by atoms with Gasteiger partial charge in [-0.15, -0.1) is 0 Å². The molecule has 3 rings (SSSR count). The van der Waals surface area contributed by atoms with E-state index in [1.165, 1.54) is 0 Å². The Bertz CT molecular complexity index is 875. The van der Waals surface area contributed by atoms with Crippen molar-refractivity contribution >= 4 is 22.7 Å². The zero-order valence-corrected chi connectivity index (χ0v) is 13.8. The maximum Gasteiger partial charge on any atom is 0.236 e. The lowest BCUT2D eigenvalue weighted by atomic mass is 9.98. The third-order valence-electron chi connectivity index (χ3n) is 3.66. The van der Waals surface area contributed by atoms with E-state index in [9.17, 15) is 0 Å². The molecule has 0 aliphatic carbocycles. The Hall–Kier alpha value is -2.95. The molecule has 0 unspecified atom stereocenters. The maximum atomic E-state index is 8.26. The Balaban J connectivity index is 1.82. The van der Waals surface area contributed by atoms with E-state index < -0.39 is 5.60 Å². The molecule has 0 radical (unpaired) electrons. The molecule has 0 aliphatic rings. The molecule has 24 heavy (non-hydrogen) atoms. The fraction of sp³-hybridized carbons (Fsp3) is 0.211. The number of nitrogens with two attached hydrogens (primary N) is 1. The minimum Gasteiger partial charge on any atom is -0.470 e. The highest BCUT2D eigenvalue weighted by atomic mass is 16.5. The van der Waals surface area contributed by atoms with Crippen LogP contribution in [0.4, 0.5) is 5.82 Å². The molecule has 0 saturated carbocycles. The molecule has 0 amide bonds. The highest BCUT2D eigenvalue weighted by Gasteiger charge is 2.24. The van der Waals surface area contributed by atoms with Gasteiger partial charge in [-0.2, -0.15) is 0 Å². The number of hydrogen-bond donors (Lipinski definition) is 2. The summed E-state index contributed by atoms with van der Waals surface area (Å²) in [5.74, 6) is 0.140. The van der Waals surface area contributed by atoms with Crippen LogP contribution in [0.3, 0.4) is 0 Å². The summed E-state index contributed by atoms with van der Waals surface area (Å²) in [6, 6.07) is 17.5. The van der Waals surface area contributed by atoms with E-state index in [2.05, 4.69) is 9.97 Å². The van der Waals surface area contributed by atoms with E-state index in [-0.39, 0.29) is 17.4 Å². The van der Waals surface area contributed by atoms with Gasteiger partial charge in [0.25, 0.3) is 0 Å².